The van der Waals surface area contributed by atoms with Crippen LogP contribution in [0, 0.1) is 5.41 Å². The number of carboxylic acid groups (broad SMARTS) is 1. The molecule has 0 saturated heterocycles. The Kier molecular flexibility index (Phi) is 15.5. The molecule has 0 aliphatic carbocycles. The molecule has 0 radical (unpaired) electrons. The molecule has 6 nitrogen and oxygen atoms in total. The Hall–Kier alpha value is -2.08. The summed E-state index contributed by atoms with van der Waals surface area (Å²) in [5.74, 6) is -0.0295. The van der Waals surface area contributed by atoms with Crippen LogP contribution in [-0.2, 0) is 17.6 Å². The number of ether oxygens (including phenoxy) is 1. The summed E-state index contributed by atoms with van der Waals surface area (Å²) in [6, 6.07) is 3.95. The summed E-state index contributed by atoms with van der Waals surface area (Å²) in [5, 5.41) is 17.1. The Balaban J connectivity index is 0.00000104. The van der Waals surface area contributed by atoms with Crippen LogP contribution in [0.1, 0.15) is 91.8 Å². The van der Waals surface area contributed by atoms with E-state index in [1.54, 1.807) is 0 Å². The highest BCUT2D eigenvalue weighted by Crippen LogP contribution is 2.33. The molecule has 0 bridgehead atoms. The molecule has 0 spiro atoms. The molecule has 0 unspecified atom stereocenters. The lowest BCUT2D eigenvalue weighted by Gasteiger charge is -2.16. The largest absolute Gasteiger partial charge is 0.493 e. The molecular formula is C26H46N2O4. The van der Waals surface area contributed by atoms with Gasteiger partial charge in [-0.25, -0.2) is 0 Å². The number of aromatic nitrogens is 1. The highest BCUT2D eigenvalue weighted by atomic mass is 16.5. The van der Waals surface area contributed by atoms with Crippen molar-refractivity contribution in [1.29, 1.82) is 0 Å². The van der Waals surface area contributed by atoms with E-state index in [0.29, 0.717) is 13.0 Å². The van der Waals surface area contributed by atoms with Gasteiger partial charge in [-0.05, 0) is 56.8 Å². The van der Waals surface area contributed by atoms with Crippen LogP contribution in [-0.4, -0.2) is 36.4 Å². The van der Waals surface area contributed by atoms with Crippen molar-refractivity contribution >= 4 is 16.9 Å². The highest BCUT2D eigenvalue weighted by Gasteiger charge is 2.20. The Morgan fingerprint density at radius 3 is 2.34 bits per heavy atom. The van der Waals surface area contributed by atoms with Crippen molar-refractivity contribution in [3.8, 4) is 5.75 Å². The predicted octanol–water partition coefficient (Wildman–Crippen LogP) is 6.64. The summed E-state index contributed by atoms with van der Waals surface area (Å²) < 4.78 is 11.4. The second-order valence-corrected chi connectivity index (χ2v) is 8.84. The maximum atomic E-state index is 10.6. The molecular weight excluding hydrogens is 404 g/mol. The number of nitrogens with one attached hydrogen (secondary N) is 1. The average molecular weight is 451 g/mol. The van der Waals surface area contributed by atoms with Gasteiger partial charge in [0.1, 0.15) is 5.75 Å². The number of aryl methyl sites for hydroxylation is 1. The third-order valence-corrected chi connectivity index (χ3v) is 4.55. The number of rotatable bonds is 11. The first kappa shape index (κ1) is 29.9. The van der Waals surface area contributed by atoms with Gasteiger partial charge in [-0.3, -0.25) is 4.79 Å². The maximum Gasteiger partial charge on any atom is 0.303 e. The summed E-state index contributed by atoms with van der Waals surface area (Å²) in [6.45, 7) is 16.4. The quantitative estimate of drug-likeness (QED) is 0.373. The van der Waals surface area contributed by atoms with Gasteiger partial charge in [-0.15, -0.1) is 0 Å². The smallest absolute Gasteiger partial charge is 0.303 e. The number of hydrogen-bond acceptors (Lipinski definition) is 5. The number of carbonyl (C=O) groups is 1. The monoisotopic (exact) mass is 450 g/mol. The van der Waals surface area contributed by atoms with Gasteiger partial charge in [-0.2, -0.15) is 0 Å². The van der Waals surface area contributed by atoms with Crippen molar-refractivity contribution in [3.05, 3.63) is 23.4 Å². The number of unbranched alkanes of at least 4 members (excludes halogenated alkanes) is 1. The number of aliphatic carboxylic acids is 1. The number of hydrogen-bond donors (Lipinski definition) is 2. The van der Waals surface area contributed by atoms with Crippen molar-refractivity contribution in [3.63, 3.8) is 0 Å². The molecule has 2 aromatic rings. The molecule has 32 heavy (non-hydrogen) atoms. The number of fused-ring (bicyclic) bond motifs is 1. The zero-order valence-corrected chi connectivity index (χ0v) is 21.6. The highest BCUT2D eigenvalue weighted by molar-refractivity contribution is 5.84. The second-order valence-electron chi connectivity index (χ2n) is 8.84. The number of carboxylic acids is 1. The third kappa shape index (κ3) is 11.5. The summed E-state index contributed by atoms with van der Waals surface area (Å²) in [6.07, 6.45) is 5.87. The standard InChI is InChI=1S/C19H27NO4.C5H13N.C2H6/c1-5-7-14-16(23-11-6-8-17(21)22)10-9-13-15(12-19(2,3)4)20-24-18(13)14;1-3-4-5-6-2;1-2/h9-10H,5-8,11-12H2,1-4H3,(H,21,22);6H,3-5H2,1-2H3;1-2H3. The minimum Gasteiger partial charge on any atom is -0.493 e. The zero-order chi connectivity index (χ0) is 24.6. The van der Waals surface area contributed by atoms with Crippen molar-refractivity contribution in [2.75, 3.05) is 20.2 Å². The Morgan fingerprint density at radius 1 is 1.16 bits per heavy atom. The van der Waals surface area contributed by atoms with E-state index < -0.39 is 5.97 Å². The lowest BCUT2D eigenvalue weighted by Crippen LogP contribution is -2.09. The lowest BCUT2D eigenvalue weighted by atomic mass is 9.89. The summed E-state index contributed by atoms with van der Waals surface area (Å²) in [5.41, 5.74) is 2.94. The van der Waals surface area contributed by atoms with Crippen LogP contribution in [0.3, 0.4) is 0 Å². The van der Waals surface area contributed by atoms with Gasteiger partial charge in [0.25, 0.3) is 0 Å². The Morgan fingerprint density at radius 2 is 1.84 bits per heavy atom. The van der Waals surface area contributed by atoms with Gasteiger partial charge in [0, 0.05) is 17.4 Å². The van der Waals surface area contributed by atoms with E-state index in [4.69, 9.17) is 14.4 Å². The molecule has 0 saturated carbocycles. The van der Waals surface area contributed by atoms with E-state index in [1.807, 2.05) is 33.0 Å². The number of nitrogens with zero attached hydrogens (tertiary/aromatic N) is 1. The molecule has 1 aromatic carbocycles. The lowest BCUT2D eigenvalue weighted by molar-refractivity contribution is -0.137. The Bertz CT molecular complexity index is 759. The van der Waals surface area contributed by atoms with Gasteiger partial charge in [0.2, 0.25) is 0 Å². The average Bonchev–Trinajstić information content (AvgIpc) is 3.14. The topological polar surface area (TPSA) is 84.6 Å². The van der Waals surface area contributed by atoms with E-state index in [9.17, 15) is 4.79 Å². The van der Waals surface area contributed by atoms with Crippen LogP contribution >= 0.6 is 0 Å². The molecule has 1 aromatic heterocycles. The first-order valence-electron chi connectivity index (χ1n) is 12.1. The fourth-order valence-corrected chi connectivity index (χ4v) is 3.10. The van der Waals surface area contributed by atoms with Crippen LogP contribution in [0.15, 0.2) is 16.7 Å². The first-order chi connectivity index (χ1) is 15.2. The summed E-state index contributed by atoms with van der Waals surface area (Å²) in [4.78, 5) is 10.6. The van der Waals surface area contributed by atoms with Crippen LogP contribution < -0.4 is 10.1 Å². The maximum absolute atomic E-state index is 10.6. The molecule has 0 fully saturated rings. The van der Waals surface area contributed by atoms with Gasteiger partial charge in [0.05, 0.1) is 12.3 Å². The zero-order valence-electron chi connectivity index (χ0n) is 21.6. The van der Waals surface area contributed by atoms with E-state index in [1.165, 1.54) is 12.8 Å². The van der Waals surface area contributed by atoms with E-state index in [-0.39, 0.29) is 11.8 Å². The van der Waals surface area contributed by atoms with E-state index in [2.05, 4.69) is 45.1 Å². The van der Waals surface area contributed by atoms with Crippen molar-refractivity contribution in [2.24, 2.45) is 5.41 Å². The van der Waals surface area contributed by atoms with Crippen LogP contribution in [0.25, 0.3) is 11.0 Å². The van der Waals surface area contributed by atoms with Crippen molar-refractivity contribution in [2.45, 2.75) is 93.4 Å². The number of benzene rings is 1. The minimum absolute atomic E-state index is 0.114. The predicted molar refractivity (Wildman–Crippen MR) is 134 cm³/mol. The van der Waals surface area contributed by atoms with Gasteiger partial charge in [0.15, 0.2) is 5.58 Å². The first-order valence-corrected chi connectivity index (χ1v) is 12.1. The fraction of sp³-hybridized carbons (Fsp3) is 0.692. The van der Waals surface area contributed by atoms with Gasteiger partial charge in [-0.1, -0.05) is 66.5 Å². The second kappa shape index (κ2) is 16.5. The molecule has 1 heterocycles. The van der Waals surface area contributed by atoms with Crippen LogP contribution in [0.5, 0.6) is 5.75 Å². The SMILES string of the molecule is CC.CCCCNC.CCCc1c(OCCCC(=O)O)ccc2c(CC(C)(C)C)noc12. The van der Waals surface area contributed by atoms with Crippen LogP contribution in [0.4, 0.5) is 0 Å². The molecule has 0 aliphatic rings. The minimum atomic E-state index is -0.801. The van der Waals surface area contributed by atoms with Crippen LogP contribution in [0.2, 0.25) is 0 Å². The Labute approximate surface area is 195 Å². The molecule has 2 rings (SSSR count). The third-order valence-electron chi connectivity index (χ3n) is 4.55. The fourth-order valence-electron chi connectivity index (χ4n) is 3.10. The van der Waals surface area contributed by atoms with Crippen molar-refractivity contribution < 1.29 is 19.2 Å². The molecule has 0 atom stereocenters. The molecule has 184 valence electrons. The van der Waals surface area contributed by atoms with E-state index in [0.717, 1.165) is 53.8 Å². The van der Waals surface area contributed by atoms with Gasteiger partial charge < -0.3 is 19.7 Å². The molecule has 6 heteroatoms. The summed E-state index contributed by atoms with van der Waals surface area (Å²) >= 11 is 0. The molecule has 0 amide bonds. The van der Waals surface area contributed by atoms with Crippen molar-refractivity contribution in [1.82, 2.24) is 10.5 Å². The molecule has 2 N–H and O–H groups in total. The molecule has 0 aliphatic heterocycles. The normalized spacial score (nSPS) is 10.8. The summed E-state index contributed by atoms with van der Waals surface area (Å²) in [7, 11) is 1.98. The van der Waals surface area contributed by atoms with E-state index >= 15 is 0 Å². The van der Waals surface area contributed by atoms with Gasteiger partial charge >= 0.3 is 5.97 Å².